The van der Waals surface area contributed by atoms with Crippen LogP contribution >= 0.6 is 0 Å². The van der Waals surface area contributed by atoms with Crippen LogP contribution in [-0.4, -0.2) is 37.1 Å². The highest BCUT2D eigenvalue weighted by Crippen LogP contribution is 2.43. The predicted molar refractivity (Wildman–Crippen MR) is 133 cm³/mol. The number of ketones is 1. The smallest absolute Gasteiger partial charge is 0.300 e. The highest BCUT2D eigenvalue weighted by atomic mass is 16.5. The van der Waals surface area contributed by atoms with Crippen LogP contribution in [0.3, 0.4) is 0 Å². The van der Waals surface area contributed by atoms with Gasteiger partial charge in [-0.2, -0.15) is 0 Å². The van der Waals surface area contributed by atoms with Gasteiger partial charge in [0, 0.05) is 17.3 Å². The first-order valence-corrected chi connectivity index (χ1v) is 11.2. The fraction of sp³-hybridized carbons (Fsp3) is 0.214. The molecule has 4 rings (SSSR count). The van der Waals surface area contributed by atoms with Gasteiger partial charge in [0.15, 0.2) is 0 Å². The molecule has 7 nitrogen and oxygen atoms in total. The van der Waals surface area contributed by atoms with Crippen LogP contribution in [0.2, 0.25) is 0 Å². The molecule has 1 atom stereocenters. The molecule has 1 unspecified atom stereocenters. The van der Waals surface area contributed by atoms with Gasteiger partial charge >= 0.3 is 0 Å². The molecule has 3 aromatic carbocycles. The van der Waals surface area contributed by atoms with Crippen molar-refractivity contribution in [2.75, 3.05) is 19.1 Å². The normalized spacial score (nSPS) is 17.1. The molecule has 0 aromatic heterocycles. The second-order valence-corrected chi connectivity index (χ2v) is 8.34. The van der Waals surface area contributed by atoms with E-state index in [4.69, 9.17) is 14.2 Å². The van der Waals surface area contributed by atoms with E-state index in [1.54, 1.807) is 73.8 Å². The van der Waals surface area contributed by atoms with E-state index in [1.165, 1.54) is 12.0 Å². The Hall–Kier alpha value is -4.26. The minimum atomic E-state index is -0.875. The third-order valence-corrected chi connectivity index (χ3v) is 5.68. The number of nitrogens with zero attached hydrogens (tertiary/aromatic N) is 1. The van der Waals surface area contributed by atoms with E-state index >= 15 is 0 Å². The Morgan fingerprint density at radius 1 is 0.857 bits per heavy atom. The molecular weight excluding hydrogens is 446 g/mol. The monoisotopic (exact) mass is 473 g/mol. The van der Waals surface area contributed by atoms with Gasteiger partial charge in [-0.3, -0.25) is 14.5 Å². The molecule has 1 fully saturated rings. The number of Topliss-reactive ketones (excluding diaryl/α,β-unsaturated/α-hetero) is 1. The number of carbonyl (C=O) groups is 2. The molecule has 0 aliphatic carbocycles. The minimum Gasteiger partial charge on any atom is -0.507 e. The number of hydrogen-bond acceptors (Lipinski definition) is 6. The van der Waals surface area contributed by atoms with E-state index in [0.29, 0.717) is 34.1 Å². The summed E-state index contributed by atoms with van der Waals surface area (Å²) in [5.74, 6) is -0.0479. The standard InChI is InChI=1S/C28H27NO6/c1-17(2)35-23-10-5-7-19(15-23)25-24(26(30)18-11-13-21(33-3)14-12-18)27(31)28(32)29(25)20-8-6-9-22(16-20)34-4/h5-17,25,30H,1-4H3/b26-24+. The number of aliphatic hydroxyl groups is 1. The summed E-state index contributed by atoms with van der Waals surface area (Å²) < 4.78 is 16.4. The maximum Gasteiger partial charge on any atom is 0.300 e. The summed E-state index contributed by atoms with van der Waals surface area (Å²) in [7, 11) is 3.07. The summed E-state index contributed by atoms with van der Waals surface area (Å²) in [6, 6.07) is 19.9. The maximum atomic E-state index is 13.3. The molecule has 1 saturated heterocycles. The van der Waals surface area contributed by atoms with Gasteiger partial charge in [-0.1, -0.05) is 18.2 Å². The first-order chi connectivity index (χ1) is 16.8. The Labute approximate surface area is 204 Å². The number of carbonyl (C=O) groups excluding carboxylic acids is 2. The molecule has 0 bridgehead atoms. The largest absolute Gasteiger partial charge is 0.507 e. The van der Waals surface area contributed by atoms with E-state index in [0.717, 1.165) is 0 Å². The summed E-state index contributed by atoms with van der Waals surface area (Å²) in [6.07, 6.45) is -0.0608. The van der Waals surface area contributed by atoms with Crippen LogP contribution in [0.5, 0.6) is 17.2 Å². The summed E-state index contributed by atoms with van der Waals surface area (Å²) in [5.41, 5.74) is 1.49. The minimum absolute atomic E-state index is 0.00955. The molecule has 1 heterocycles. The number of benzene rings is 3. The van der Waals surface area contributed by atoms with Gasteiger partial charge in [-0.15, -0.1) is 0 Å². The third-order valence-electron chi connectivity index (χ3n) is 5.68. The second-order valence-electron chi connectivity index (χ2n) is 8.34. The molecule has 1 N–H and O–H groups in total. The van der Waals surface area contributed by atoms with Gasteiger partial charge in [-0.25, -0.2) is 0 Å². The first-order valence-electron chi connectivity index (χ1n) is 11.2. The lowest BCUT2D eigenvalue weighted by Gasteiger charge is -2.26. The summed E-state index contributed by atoms with van der Waals surface area (Å²) in [5, 5.41) is 11.3. The second kappa shape index (κ2) is 9.93. The van der Waals surface area contributed by atoms with Crippen LogP contribution in [-0.2, 0) is 9.59 Å². The molecular formula is C28H27NO6. The van der Waals surface area contributed by atoms with Crippen molar-refractivity contribution in [3.63, 3.8) is 0 Å². The zero-order chi connectivity index (χ0) is 25.1. The summed E-state index contributed by atoms with van der Waals surface area (Å²) in [6.45, 7) is 3.83. The van der Waals surface area contributed by atoms with Crippen LogP contribution in [0.25, 0.3) is 5.76 Å². The van der Waals surface area contributed by atoms with Crippen LogP contribution in [0.15, 0.2) is 78.4 Å². The van der Waals surface area contributed by atoms with Crippen LogP contribution < -0.4 is 19.1 Å². The average Bonchev–Trinajstić information content (AvgIpc) is 3.13. The van der Waals surface area contributed by atoms with Gasteiger partial charge in [-0.05, 0) is 67.9 Å². The quantitative estimate of drug-likeness (QED) is 0.291. The molecule has 0 radical (unpaired) electrons. The lowest BCUT2D eigenvalue weighted by atomic mass is 9.95. The van der Waals surface area contributed by atoms with Gasteiger partial charge < -0.3 is 19.3 Å². The third kappa shape index (κ3) is 4.71. The van der Waals surface area contributed by atoms with Crippen molar-refractivity contribution in [1.29, 1.82) is 0 Å². The van der Waals surface area contributed by atoms with E-state index < -0.39 is 17.7 Å². The van der Waals surface area contributed by atoms with Crippen LogP contribution in [0.4, 0.5) is 5.69 Å². The Bertz CT molecular complexity index is 1280. The van der Waals surface area contributed by atoms with Crippen molar-refractivity contribution in [2.24, 2.45) is 0 Å². The lowest BCUT2D eigenvalue weighted by Crippen LogP contribution is -2.29. The molecule has 180 valence electrons. The van der Waals surface area contributed by atoms with Crippen molar-refractivity contribution in [2.45, 2.75) is 26.0 Å². The number of ether oxygens (including phenoxy) is 3. The number of methoxy groups -OCH3 is 2. The van der Waals surface area contributed by atoms with Crippen molar-refractivity contribution in [1.82, 2.24) is 0 Å². The number of rotatable bonds is 7. The fourth-order valence-electron chi connectivity index (χ4n) is 4.11. The van der Waals surface area contributed by atoms with Crippen molar-refractivity contribution < 1.29 is 28.9 Å². The first kappa shape index (κ1) is 23.9. The Morgan fingerprint density at radius 2 is 1.51 bits per heavy atom. The number of anilines is 1. The summed E-state index contributed by atoms with van der Waals surface area (Å²) >= 11 is 0. The van der Waals surface area contributed by atoms with E-state index in [1.807, 2.05) is 19.9 Å². The lowest BCUT2D eigenvalue weighted by molar-refractivity contribution is -0.132. The van der Waals surface area contributed by atoms with Crippen molar-refractivity contribution in [3.05, 3.63) is 89.5 Å². The van der Waals surface area contributed by atoms with Gasteiger partial charge in [0.25, 0.3) is 11.7 Å². The Balaban J connectivity index is 1.92. The predicted octanol–water partition coefficient (Wildman–Crippen LogP) is 5.12. The molecule has 7 heteroatoms. The highest BCUT2D eigenvalue weighted by molar-refractivity contribution is 6.51. The van der Waals surface area contributed by atoms with Crippen LogP contribution in [0.1, 0.15) is 31.0 Å². The van der Waals surface area contributed by atoms with Gasteiger partial charge in [0.05, 0.1) is 31.9 Å². The fourth-order valence-corrected chi connectivity index (χ4v) is 4.11. The van der Waals surface area contributed by atoms with Crippen molar-refractivity contribution >= 4 is 23.1 Å². The highest BCUT2D eigenvalue weighted by Gasteiger charge is 2.47. The SMILES string of the molecule is COc1ccc(/C(O)=C2\C(=O)C(=O)N(c3cccc(OC)c3)C2c2cccc(OC(C)C)c2)cc1. The Morgan fingerprint density at radius 3 is 2.17 bits per heavy atom. The number of hydrogen-bond donors (Lipinski definition) is 1. The van der Waals surface area contributed by atoms with Crippen molar-refractivity contribution in [3.8, 4) is 17.2 Å². The zero-order valence-corrected chi connectivity index (χ0v) is 20.0. The molecule has 35 heavy (non-hydrogen) atoms. The topological polar surface area (TPSA) is 85.3 Å². The molecule has 0 spiro atoms. The molecule has 0 saturated carbocycles. The van der Waals surface area contributed by atoms with E-state index in [9.17, 15) is 14.7 Å². The number of amides is 1. The van der Waals surface area contributed by atoms with E-state index in [2.05, 4.69) is 0 Å². The molecule has 3 aromatic rings. The maximum absolute atomic E-state index is 13.3. The van der Waals surface area contributed by atoms with E-state index in [-0.39, 0.29) is 17.4 Å². The number of aliphatic hydroxyl groups excluding tert-OH is 1. The molecule has 1 aliphatic rings. The van der Waals surface area contributed by atoms with Gasteiger partial charge in [0.1, 0.15) is 23.0 Å². The van der Waals surface area contributed by atoms with Crippen LogP contribution in [0, 0.1) is 0 Å². The summed E-state index contributed by atoms with van der Waals surface area (Å²) in [4.78, 5) is 28.1. The Kier molecular flexibility index (Phi) is 6.78. The zero-order valence-electron chi connectivity index (χ0n) is 20.0. The van der Waals surface area contributed by atoms with Gasteiger partial charge in [0.2, 0.25) is 0 Å². The molecule has 1 amide bonds. The molecule has 1 aliphatic heterocycles. The average molecular weight is 474 g/mol.